The van der Waals surface area contributed by atoms with Crippen molar-refractivity contribution in [2.75, 3.05) is 13.2 Å². The minimum absolute atomic E-state index is 0.134. The fourth-order valence-electron chi connectivity index (χ4n) is 2.79. The van der Waals surface area contributed by atoms with E-state index in [9.17, 15) is 0 Å². The van der Waals surface area contributed by atoms with Gasteiger partial charge in [-0.2, -0.15) is 0 Å². The predicted octanol–water partition coefficient (Wildman–Crippen LogP) is 2.45. The highest BCUT2D eigenvalue weighted by molar-refractivity contribution is 7.11. The monoisotopic (exact) mass is 252 g/mol. The lowest BCUT2D eigenvalue weighted by Crippen LogP contribution is -2.27. The van der Waals surface area contributed by atoms with E-state index < -0.39 is 0 Å². The van der Waals surface area contributed by atoms with E-state index in [4.69, 9.17) is 15.5 Å². The Hall–Kier alpha value is -0.450. The summed E-state index contributed by atoms with van der Waals surface area (Å²) < 4.78 is 5.39. The van der Waals surface area contributed by atoms with Crippen LogP contribution in [0.4, 0.5) is 0 Å². The first-order chi connectivity index (χ1) is 8.34. The van der Waals surface area contributed by atoms with Gasteiger partial charge in [-0.05, 0) is 44.4 Å². The van der Waals surface area contributed by atoms with Crippen LogP contribution in [-0.4, -0.2) is 18.2 Å². The molecule has 1 aliphatic heterocycles. The molecule has 17 heavy (non-hydrogen) atoms. The second-order valence-electron chi connectivity index (χ2n) is 5.10. The average Bonchev–Trinajstić information content (AvgIpc) is 2.82. The topological polar surface area (TPSA) is 48.1 Å². The van der Waals surface area contributed by atoms with Crippen molar-refractivity contribution in [1.82, 2.24) is 4.98 Å². The van der Waals surface area contributed by atoms with Gasteiger partial charge < -0.3 is 10.5 Å². The zero-order valence-corrected chi connectivity index (χ0v) is 11.0. The van der Waals surface area contributed by atoms with Crippen LogP contribution in [0.3, 0.4) is 0 Å². The van der Waals surface area contributed by atoms with E-state index in [1.807, 2.05) is 11.3 Å². The number of hydrogen-bond donors (Lipinski definition) is 1. The molecule has 1 aromatic heterocycles. The molecule has 0 spiro atoms. The van der Waals surface area contributed by atoms with Gasteiger partial charge >= 0.3 is 0 Å². The van der Waals surface area contributed by atoms with Crippen molar-refractivity contribution in [2.45, 2.75) is 44.6 Å². The number of fused-ring (bicyclic) bond motifs is 1. The molecule has 0 saturated carbocycles. The Morgan fingerprint density at radius 3 is 2.76 bits per heavy atom. The molecule has 2 aliphatic rings. The molecule has 0 bridgehead atoms. The minimum Gasteiger partial charge on any atom is -0.381 e. The number of rotatable bonds is 2. The maximum Gasteiger partial charge on any atom is 0.110 e. The van der Waals surface area contributed by atoms with Gasteiger partial charge in [-0.15, -0.1) is 11.3 Å². The highest BCUT2D eigenvalue weighted by Crippen LogP contribution is 2.34. The molecule has 1 saturated heterocycles. The van der Waals surface area contributed by atoms with E-state index in [0.717, 1.165) is 32.5 Å². The van der Waals surface area contributed by atoms with Crippen LogP contribution < -0.4 is 5.73 Å². The van der Waals surface area contributed by atoms with Crippen LogP contribution in [0.5, 0.6) is 0 Å². The molecule has 0 amide bonds. The maximum absolute atomic E-state index is 6.37. The van der Waals surface area contributed by atoms with E-state index >= 15 is 0 Å². The largest absolute Gasteiger partial charge is 0.381 e. The Morgan fingerprint density at radius 2 is 2.00 bits per heavy atom. The SMILES string of the molecule is NC(c1nc2c(s1)CCCC2)C1CCOCC1. The van der Waals surface area contributed by atoms with Crippen LogP contribution in [0.1, 0.15) is 47.3 Å². The van der Waals surface area contributed by atoms with Gasteiger partial charge in [0.15, 0.2) is 0 Å². The number of aromatic nitrogens is 1. The quantitative estimate of drug-likeness (QED) is 0.879. The van der Waals surface area contributed by atoms with Gasteiger partial charge in [0.1, 0.15) is 5.01 Å². The van der Waals surface area contributed by atoms with Crippen molar-refractivity contribution < 1.29 is 4.74 Å². The maximum atomic E-state index is 6.37. The molecule has 3 rings (SSSR count). The predicted molar refractivity (Wildman–Crippen MR) is 69.2 cm³/mol. The van der Waals surface area contributed by atoms with E-state index in [2.05, 4.69) is 0 Å². The lowest BCUT2D eigenvalue weighted by atomic mass is 9.93. The lowest BCUT2D eigenvalue weighted by molar-refractivity contribution is 0.0583. The van der Waals surface area contributed by atoms with Crippen molar-refractivity contribution in [2.24, 2.45) is 11.7 Å². The summed E-state index contributed by atoms with van der Waals surface area (Å²) in [7, 11) is 0. The molecule has 4 heteroatoms. The third-order valence-corrected chi connectivity index (χ3v) is 5.18. The number of nitrogens with two attached hydrogens (primary N) is 1. The molecule has 0 radical (unpaired) electrons. The van der Waals surface area contributed by atoms with Gasteiger partial charge in [-0.3, -0.25) is 0 Å². The van der Waals surface area contributed by atoms with Crippen LogP contribution in [0.15, 0.2) is 0 Å². The number of aryl methyl sites for hydroxylation is 2. The fraction of sp³-hybridized carbons (Fsp3) is 0.769. The Labute approximate surface area is 106 Å². The zero-order chi connectivity index (χ0) is 11.7. The Bertz CT molecular complexity index is 361. The molecule has 2 N–H and O–H groups in total. The van der Waals surface area contributed by atoms with Gasteiger partial charge in [-0.1, -0.05) is 0 Å². The zero-order valence-electron chi connectivity index (χ0n) is 10.2. The Balaban J connectivity index is 1.76. The summed E-state index contributed by atoms with van der Waals surface area (Å²) in [5.41, 5.74) is 7.71. The molecule has 1 atom stereocenters. The highest BCUT2D eigenvalue weighted by atomic mass is 32.1. The number of nitrogens with zero attached hydrogens (tertiary/aromatic N) is 1. The lowest BCUT2D eigenvalue weighted by Gasteiger charge is -2.26. The Morgan fingerprint density at radius 1 is 1.24 bits per heavy atom. The van der Waals surface area contributed by atoms with Crippen LogP contribution >= 0.6 is 11.3 Å². The minimum atomic E-state index is 0.134. The molecule has 1 aromatic rings. The summed E-state index contributed by atoms with van der Waals surface area (Å²) in [5, 5.41) is 1.17. The van der Waals surface area contributed by atoms with Crippen molar-refractivity contribution in [3.63, 3.8) is 0 Å². The molecule has 1 aliphatic carbocycles. The second kappa shape index (κ2) is 5.04. The summed E-state index contributed by atoms with van der Waals surface area (Å²) in [6.45, 7) is 1.73. The van der Waals surface area contributed by atoms with E-state index in [0.29, 0.717) is 5.92 Å². The van der Waals surface area contributed by atoms with Crippen molar-refractivity contribution in [3.8, 4) is 0 Å². The van der Waals surface area contributed by atoms with Crippen LogP contribution in [0, 0.1) is 5.92 Å². The Kier molecular flexibility index (Phi) is 3.45. The first kappa shape index (κ1) is 11.6. The molecule has 94 valence electrons. The van der Waals surface area contributed by atoms with E-state index in [-0.39, 0.29) is 6.04 Å². The van der Waals surface area contributed by atoms with E-state index in [1.54, 1.807) is 0 Å². The van der Waals surface area contributed by atoms with E-state index in [1.165, 1.54) is 34.8 Å². The third kappa shape index (κ3) is 2.39. The first-order valence-corrected chi connectivity index (χ1v) is 7.48. The fourth-order valence-corrected chi connectivity index (χ4v) is 4.04. The summed E-state index contributed by atoms with van der Waals surface area (Å²) in [4.78, 5) is 6.27. The normalized spacial score (nSPS) is 23.4. The average molecular weight is 252 g/mol. The van der Waals surface area contributed by atoms with Crippen LogP contribution in [0.25, 0.3) is 0 Å². The smallest absolute Gasteiger partial charge is 0.110 e. The van der Waals surface area contributed by atoms with Gasteiger partial charge in [0.05, 0.1) is 11.7 Å². The number of thiazole rings is 1. The number of ether oxygens (including phenoxy) is 1. The highest BCUT2D eigenvalue weighted by Gasteiger charge is 2.26. The summed E-state index contributed by atoms with van der Waals surface area (Å²) in [6, 6.07) is 0.134. The molecule has 0 aromatic carbocycles. The summed E-state index contributed by atoms with van der Waals surface area (Å²) in [6.07, 6.45) is 7.17. The molecular weight excluding hydrogens is 232 g/mol. The van der Waals surface area contributed by atoms with Crippen molar-refractivity contribution in [3.05, 3.63) is 15.6 Å². The standard InChI is InChI=1S/C13H20N2OS/c14-12(9-5-7-16-8-6-9)13-15-10-3-1-2-4-11(10)17-13/h9,12H,1-8,14H2. The molecule has 1 fully saturated rings. The first-order valence-electron chi connectivity index (χ1n) is 6.66. The van der Waals surface area contributed by atoms with Crippen molar-refractivity contribution in [1.29, 1.82) is 0 Å². The number of hydrogen-bond acceptors (Lipinski definition) is 4. The second-order valence-corrected chi connectivity index (χ2v) is 6.22. The summed E-state index contributed by atoms with van der Waals surface area (Å²) in [5.74, 6) is 0.566. The van der Waals surface area contributed by atoms with Gasteiger partial charge in [0.25, 0.3) is 0 Å². The van der Waals surface area contributed by atoms with Gasteiger partial charge in [0, 0.05) is 18.1 Å². The van der Waals surface area contributed by atoms with Crippen LogP contribution in [-0.2, 0) is 17.6 Å². The van der Waals surface area contributed by atoms with Gasteiger partial charge in [0.2, 0.25) is 0 Å². The molecule has 3 nitrogen and oxygen atoms in total. The van der Waals surface area contributed by atoms with Crippen LogP contribution in [0.2, 0.25) is 0 Å². The molecule has 2 heterocycles. The van der Waals surface area contributed by atoms with Gasteiger partial charge in [-0.25, -0.2) is 4.98 Å². The molecule has 1 unspecified atom stereocenters. The molecular formula is C13H20N2OS. The summed E-state index contributed by atoms with van der Waals surface area (Å²) >= 11 is 1.86. The third-order valence-electron chi connectivity index (χ3n) is 3.92. The van der Waals surface area contributed by atoms with Crippen molar-refractivity contribution >= 4 is 11.3 Å².